The van der Waals surface area contributed by atoms with E-state index in [9.17, 15) is 10.1 Å². The molecule has 9 nitrogen and oxygen atoms in total. The number of methoxy groups -OCH3 is 1. The third-order valence-electron chi connectivity index (χ3n) is 6.51. The summed E-state index contributed by atoms with van der Waals surface area (Å²) in [5.41, 5.74) is 4.33. The third kappa shape index (κ3) is 4.09. The Labute approximate surface area is 213 Å². The number of aryl methyl sites for hydroxylation is 1. The highest BCUT2D eigenvalue weighted by atomic mass is 32.1. The number of hydrogen-bond donors (Lipinski definition) is 1. The minimum absolute atomic E-state index is 0.00521. The topological polar surface area (TPSA) is 98.6 Å². The smallest absolute Gasteiger partial charge is 0.271 e. The molecular formula is C26H25N5O4S. The Hall–Kier alpha value is -4.18. The quantitative estimate of drug-likeness (QED) is 0.209. The lowest BCUT2D eigenvalue weighted by Gasteiger charge is -2.27. The number of benzene rings is 1. The van der Waals surface area contributed by atoms with Crippen LogP contribution in [0.4, 0.5) is 5.69 Å². The van der Waals surface area contributed by atoms with Crippen molar-refractivity contribution in [3.05, 3.63) is 106 Å². The number of furan rings is 1. The van der Waals surface area contributed by atoms with Crippen molar-refractivity contribution < 1.29 is 14.1 Å². The molecule has 0 amide bonds. The van der Waals surface area contributed by atoms with Gasteiger partial charge in [-0.25, -0.2) is 0 Å². The van der Waals surface area contributed by atoms with E-state index in [1.165, 1.54) is 12.1 Å². The van der Waals surface area contributed by atoms with Gasteiger partial charge in [-0.3, -0.25) is 15.1 Å². The predicted molar refractivity (Wildman–Crippen MR) is 138 cm³/mol. The number of rotatable bonds is 7. The molecule has 0 aliphatic carbocycles. The maximum absolute atomic E-state index is 11.5. The Morgan fingerprint density at radius 3 is 2.69 bits per heavy atom. The van der Waals surface area contributed by atoms with E-state index in [1.54, 1.807) is 25.6 Å². The largest absolute Gasteiger partial charge is 0.495 e. The van der Waals surface area contributed by atoms with Crippen molar-refractivity contribution in [3.63, 3.8) is 0 Å². The van der Waals surface area contributed by atoms with E-state index >= 15 is 0 Å². The molecule has 3 aromatic heterocycles. The summed E-state index contributed by atoms with van der Waals surface area (Å²) in [5.74, 6) is 1.34. The van der Waals surface area contributed by atoms with Crippen molar-refractivity contribution in [2.75, 3.05) is 7.11 Å². The van der Waals surface area contributed by atoms with E-state index in [-0.39, 0.29) is 17.8 Å². The van der Waals surface area contributed by atoms with E-state index in [4.69, 9.17) is 21.4 Å². The fourth-order valence-electron chi connectivity index (χ4n) is 4.91. The number of pyridine rings is 1. The maximum Gasteiger partial charge on any atom is 0.271 e. The Morgan fingerprint density at radius 1 is 1.19 bits per heavy atom. The molecule has 4 aromatic rings. The second kappa shape index (κ2) is 9.46. The van der Waals surface area contributed by atoms with Crippen LogP contribution in [-0.4, -0.2) is 31.6 Å². The van der Waals surface area contributed by atoms with Crippen LogP contribution in [0.1, 0.15) is 40.5 Å². The number of aromatic nitrogens is 2. The van der Waals surface area contributed by atoms with Crippen molar-refractivity contribution in [3.8, 4) is 11.4 Å². The van der Waals surface area contributed by atoms with Gasteiger partial charge in [0.05, 0.1) is 48.3 Å². The molecule has 10 heteroatoms. The zero-order chi connectivity index (χ0) is 25.4. The van der Waals surface area contributed by atoms with Gasteiger partial charge in [-0.05, 0) is 68.0 Å². The molecule has 1 fully saturated rings. The number of nitrogens with one attached hydrogen (secondary N) is 1. The summed E-state index contributed by atoms with van der Waals surface area (Å²) in [6.07, 6.45) is 3.41. The van der Waals surface area contributed by atoms with Crippen molar-refractivity contribution in [1.29, 1.82) is 0 Å². The van der Waals surface area contributed by atoms with Crippen molar-refractivity contribution in [1.82, 2.24) is 19.8 Å². The summed E-state index contributed by atoms with van der Waals surface area (Å²) in [4.78, 5) is 17.8. The third-order valence-corrected chi connectivity index (χ3v) is 6.86. The molecule has 36 heavy (non-hydrogen) atoms. The average molecular weight is 504 g/mol. The maximum atomic E-state index is 11.5. The normalized spacial score (nSPS) is 17.3. The van der Waals surface area contributed by atoms with E-state index in [0.29, 0.717) is 23.1 Å². The van der Waals surface area contributed by atoms with Crippen molar-refractivity contribution in [2.45, 2.75) is 32.5 Å². The standard InChI is InChI=1S/C26H25N5O4S/c1-16-13-20(17(2)30(16)22-14-18(31(32)33)9-10-23(22)34-3)25-24(21-8-4-5-11-27-21)28-26(36)29(25)15-19-7-6-12-35-19/h4-14,24-25H,15H2,1-3H3,(H,28,36)/t24-,25+/m1/s1. The fourth-order valence-corrected chi connectivity index (χ4v) is 5.21. The summed E-state index contributed by atoms with van der Waals surface area (Å²) in [5, 5.41) is 15.6. The molecule has 0 saturated carbocycles. The number of non-ortho nitro benzene ring substituents is 1. The molecule has 0 unspecified atom stereocenters. The van der Waals surface area contributed by atoms with E-state index in [0.717, 1.165) is 28.4 Å². The Morgan fingerprint density at radius 2 is 2.03 bits per heavy atom. The van der Waals surface area contributed by atoms with Gasteiger partial charge >= 0.3 is 0 Å². The van der Waals surface area contributed by atoms with Crippen LogP contribution in [0.15, 0.2) is 71.5 Å². The molecule has 4 heterocycles. The molecular weight excluding hydrogens is 478 g/mol. The molecule has 1 N–H and O–H groups in total. The van der Waals surface area contributed by atoms with Crippen LogP contribution in [0.3, 0.4) is 0 Å². The van der Waals surface area contributed by atoms with Crippen molar-refractivity contribution >= 4 is 23.0 Å². The van der Waals surface area contributed by atoms with E-state index in [2.05, 4.69) is 21.3 Å². The van der Waals surface area contributed by atoms with Crippen LogP contribution in [0.5, 0.6) is 5.75 Å². The summed E-state index contributed by atoms with van der Waals surface area (Å²) in [7, 11) is 1.56. The van der Waals surface area contributed by atoms with Crippen molar-refractivity contribution in [2.24, 2.45) is 0 Å². The molecule has 5 rings (SSSR count). The van der Waals surface area contributed by atoms with Crippen LogP contribution in [0.25, 0.3) is 5.69 Å². The molecule has 0 spiro atoms. The number of hydrogen-bond acceptors (Lipinski definition) is 6. The molecule has 1 aliphatic heterocycles. The lowest BCUT2D eigenvalue weighted by atomic mass is 9.96. The number of nitro groups is 1. The molecule has 0 bridgehead atoms. The molecule has 0 radical (unpaired) electrons. The minimum atomic E-state index is -0.403. The number of nitrogens with zero attached hydrogens (tertiary/aromatic N) is 4. The van der Waals surface area contributed by atoms with Crippen LogP contribution < -0.4 is 10.1 Å². The van der Waals surface area contributed by atoms with Crippen LogP contribution in [0, 0.1) is 24.0 Å². The first kappa shape index (κ1) is 23.6. The van der Waals surface area contributed by atoms with Crippen LogP contribution in [-0.2, 0) is 6.54 Å². The first-order chi connectivity index (χ1) is 17.4. The molecule has 2 atom stereocenters. The highest BCUT2D eigenvalue weighted by molar-refractivity contribution is 7.80. The van der Waals surface area contributed by atoms with Gasteiger partial charge in [-0.2, -0.15) is 0 Å². The van der Waals surface area contributed by atoms with E-state index < -0.39 is 4.92 Å². The van der Waals surface area contributed by atoms with Gasteiger partial charge in [0, 0.05) is 29.7 Å². The highest BCUT2D eigenvalue weighted by Crippen LogP contribution is 2.43. The predicted octanol–water partition coefficient (Wildman–Crippen LogP) is 5.17. The Bertz CT molecular complexity index is 1420. The number of nitro benzene ring substituents is 1. The summed E-state index contributed by atoms with van der Waals surface area (Å²) >= 11 is 5.77. The number of thiocarbonyl (C=S) groups is 1. The lowest BCUT2D eigenvalue weighted by molar-refractivity contribution is -0.384. The molecule has 1 aromatic carbocycles. The van der Waals surface area contributed by atoms with Gasteiger partial charge in [-0.1, -0.05) is 6.07 Å². The second-order valence-electron chi connectivity index (χ2n) is 8.61. The van der Waals surface area contributed by atoms with Gasteiger partial charge < -0.3 is 23.9 Å². The van der Waals surface area contributed by atoms with Crippen LogP contribution in [0.2, 0.25) is 0 Å². The lowest BCUT2D eigenvalue weighted by Crippen LogP contribution is -2.29. The number of ether oxygens (including phenoxy) is 1. The molecule has 1 aliphatic rings. The summed E-state index contributed by atoms with van der Waals surface area (Å²) in [6, 6.07) is 15.9. The van der Waals surface area contributed by atoms with Gasteiger partial charge in [-0.15, -0.1) is 0 Å². The van der Waals surface area contributed by atoms with Gasteiger partial charge in [0.1, 0.15) is 11.5 Å². The highest BCUT2D eigenvalue weighted by Gasteiger charge is 2.41. The molecule has 184 valence electrons. The van der Waals surface area contributed by atoms with Gasteiger partial charge in [0.25, 0.3) is 5.69 Å². The summed E-state index contributed by atoms with van der Waals surface area (Å²) < 4.78 is 13.2. The van der Waals surface area contributed by atoms with Gasteiger partial charge in [0.2, 0.25) is 0 Å². The molecule has 1 saturated heterocycles. The Kier molecular flexibility index (Phi) is 6.19. The summed E-state index contributed by atoms with van der Waals surface area (Å²) in [6.45, 7) is 4.46. The SMILES string of the molecule is COc1ccc([N+](=O)[O-])cc1-n1c(C)cc([C@H]2[C@@H](c3ccccn3)NC(=S)N2Cc2ccco2)c1C. The van der Waals surface area contributed by atoms with E-state index in [1.807, 2.05) is 48.7 Å². The first-order valence-electron chi connectivity index (χ1n) is 11.4. The zero-order valence-corrected chi connectivity index (χ0v) is 20.9. The Balaban J connectivity index is 1.66. The first-order valence-corrected chi connectivity index (χ1v) is 11.8. The average Bonchev–Trinajstić information content (AvgIpc) is 3.58. The van der Waals surface area contributed by atoms with Crippen LogP contribution >= 0.6 is 12.2 Å². The zero-order valence-electron chi connectivity index (χ0n) is 20.0. The van der Waals surface area contributed by atoms with Gasteiger partial charge in [0.15, 0.2) is 5.11 Å². The fraction of sp³-hybridized carbons (Fsp3) is 0.231. The minimum Gasteiger partial charge on any atom is -0.495 e. The second-order valence-corrected chi connectivity index (χ2v) is 9.00. The monoisotopic (exact) mass is 503 g/mol.